The first-order valence-corrected chi connectivity index (χ1v) is 6.25. The van der Waals surface area contributed by atoms with Crippen molar-refractivity contribution in [2.45, 2.75) is 57.9 Å². The number of amides is 1. The summed E-state index contributed by atoms with van der Waals surface area (Å²) in [6.45, 7) is 2.86. The quantitative estimate of drug-likeness (QED) is 0.784. The summed E-state index contributed by atoms with van der Waals surface area (Å²) in [5.41, 5.74) is 5.37. The maximum atomic E-state index is 11.5. The van der Waals surface area contributed by atoms with Gasteiger partial charge in [0.1, 0.15) is 0 Å². The van der Waals surface area contributed by atoms with Crippen LogP contribution in [-0.2, 0) is 4.79 Å². The van der Waals surface area contributed by atoms with Gasteiger partial charge in [0.2, 0.25) is 5.91 Å². The van der Waals surface area contributed by atoms with Gasteiger partial charge in [-0.3, -0.25) is 4.79 Å². The van der Waals surface area contributed by atoms with Crippen molar-refractivity contribution in [3.05, 3.63) is 0 Å². The summed E-state index contributed by atoms with van der Waals surface area (Å²) < 4.78 is 0. The van der Waals surface area contributed by atoms with Crippen LogP contribution in [0.1, 0.15) is 51.9 Å². The molecule has 0 saturated heterocycles. The number of nitrogens with two attached hydrogens (primary N) is 1. The molecule has 0 aliphatic heterocycles. The highest BCUT2D eigenvalue weighted by molar-refractivity contribution is 5.85. The lowest BCUT2D eigenvalue weighted by atomic mass is 9.84. The Morgan fingerprint density at radius 3 is 2.44 bits per heavy atom. The van der Waals surface area contributed by atoms with E-state index in [2.05, 4.69) is 12.2 Å². The fraction of sp³-hybridized carbons (Fsp3) is 0.917. The van der Waals surface area contributed by atoms with E-state index in [1.54, 1.807) is 0 Å². The summed E-state index contributed by atoms with van der Waals surface area (Å²) in [7, 11) is 0. The van der Waals surface area contributed by atoms with Crippen LogP contribution in [0.2, 0.25) is 0 Å². The third-order valence-corrected chi connectivity index (χ3v) is 3.40. The van der Waals surface area contributed by atoms with Gasteiger partial charge in [-0.25, -0.2) is 0 Å². The topological polar surface area (TPSA) is 55.1 Å². The Morgan fingerprint density at radius 2 is 1.94 bits per heavy atom. The predicted molar refractivity (Wildman–Crippen MR) is 69.7 cm³/mol. The number of hydrogen-bond acceptors (Lipinski definition) is 2. The van der Waals surface area contributed by atoms with Crippen molar-refractivity contribution in [2.24, 2.45) is 11.7 Å². The minimum atomic E-state index is 0. The molecule has 96 valence electrons. The van der Waals surface area contributed by atoms with E-state index in [1.807, 2.05) is 0 Å². The Bertz CT molecular complexity index is 191. The van der Waals surface area contributed by atoms with Crippen LogP contribution in [0, 0.1) is 5.92 Å². The second-order valence-corrected chi connectivity index (χ2v) is 4.59. The number of rotatable bonds is 5. The molecule has 1 aliphatic carbocycles. The van der Waals surface area contributed by atoms with Gasteiger partial charge in [-0.2, -0.15) is 0 Å². The minimum absolute atomic E-state index is 0. The molecule has 0 atom stereocenters. The standard InChI is InChI=1S/C12H24N2O.ClH/c1-2-10-5-7-11(8-6-10)14-12(15)4-3-9-13;/h10-11H,2-9,13H2,1H3,(H,14,15);1H. The molecule has 4 heteroatoms. The lowest BCUT2D eigenvalue weighted by Crippen LogP contribution is -2.37. The van der Waals surface area contributed by atoms with E-state index in [0.29, 0.717) is 19.0 Å². The summed E-state index contributed by atoms with van der Waals surface area (Å²) in [6.07, 6.45) is 7.55. The molecule has 0 heterocycles. The molecule has 0 aromatic heterocycles. The van der Waals surface area contributed by atoms with Crippen molar-refractivity contribution in [2.75, 3.05) is 6.54 Å². The van der Waals surface area contributed by atoms with E-state index in [1.165, 1.54) is 19.3 Å². The highest BCUT2D eigenvalue weighted by Crippen LogP contribution is 2.26. The van der Waals surface area contributed by atoms with Gasteiger partial charge < -0.3 is 11.1 Å². The first kappa shape index (κ1) is 15.7. The van der Waals surface area contributed by atoms with Gasteiger partial charge in [-0.05, 0) is 44.6 Å². The lowest BCUT2D eigenvalue weighted by molar-refractivity contribution is -0.122. The maximum Gasteiger partial charge on any atom is 0.220 e. The first-order chi connectivity index (χ1) is 7.26. The molecule has 16 heavy (non-hydrogen) atoms. The van der Waals surface area contributed by atoms with Gasteiger partial charge in [0, 0.05) is 12.5 Å². The van der Waals surface area contributed by atoms with Gasteiger partial charge in [0.15, 0.2) is 0 Å². The monoisotopic (exact) mass is 248 g/mol. The number of nitrogens with one attached hydrogen (secondary N) is 1. The average Bonchev–Trinajstić information content (AvgIpc) is 2.27. The highest BCUT2D eigenvalue weighted by atomic mass is 35.5. The van der Waals surface area contributed by atoms with E-state index in [0.717, 1.165) is 25.2 Å². The third-order valence-electron chi connectivity index (χ3n) is 3.40. The largest absolute Gasteiger partial charge is 0.353 e. The van der Waals surface area contributed by atoms with E-state index >= 15 is 0 Å². The Kier molecular flexibility index (Phi) is 8.67. The molecule has 0 spiro atoms. The second kappa shape index (κ2) is 8.82. The molecule has 0 radical (unpaired) electrons. The molecule has 3 N–H and O–H groups in total. The molecular formula is C12H25ClN2O. The lowest BCUT2D eigenvalue weighted by Gasteiger charge is -2.28. The van der Waals surface area contributed by atoms with E-state index < -0.39 is 0 Å². The average molecular weight is 249 g/mol. The van der Waals surface area contributed by atoms with Crippen molar-refractivity contribution in [3.8, 4) is 0 Å². The SMILES string of the molecule is CCC1CCC(NC(=O)CCCN)CC1.Cl. The zero-order valence-corrected chi connectivity index (χ0v) is 11.0. The molecule has 1 fully saturated rings. The van der Waals surface area contributed by atoms with Crippen LogP contribution in [0.3, 0.4) is 0 Å². The van der Waals surface area contributed by atoms with Gasteiger partial charge in [0.05, 0.1) is 0 Å². The summed E-state index contributed by atoms with van der Waals surface area (Å²) in [6, 6.07) is 0.429. The molecule has 3 nitrogen and oxygen atoms in total. The molecule has 1 rings (SSSR count). The normalized spacial score (nSPS) is 24.6. The van der Waals surface area contributed by atoms with Crippen LogP contribution in [0.4, 0.5) is 0 Å². The summed E-state index contributed by atoms with van der Waals surface area (Å²) in [5, 5.41) is 3.10. The zero-order chi connectivity index (χ0) is 11.1. The van der Waals surface area contributed by atoms with Gasteiger partial charge in [0.25, 0.3) is 0 Å². The number of hydrogen-bond donors (Lipinski definition) is 2. The summed E-state index contributed by atoms with van der Waals surface area (Å²) in [5.74, 6) is 1.07. The summed E-state index contributed by atoms with van der Waals surface area (Å²) in [4.78, 5) is 11.5. The zero-order valence-electron chi connectivity index (χ0n) is 10.2. The van der Waals surface area contributed by atoms with Crippen LogP contribution in [0.15, 0.2) is 0 Å². The fourth-order valence-corrected chi connectivity index (χ4v) is 2.28. The first-order valence-electron chi connectivity index (χ1n) is 6.25. The van der Waals surface area contributed by atoms with Crippen molar-refractivity contribution in [1.29, 1.82) is 0 Å². The third kappa shape index (κ3) is 5.71. The maximum absolute atomic E-state index is 11.5. The Morgan fingerprint density at radius 1 is 1.31 bits per heavy atom. The van der Waals surface area contributed by atoms with Crippen LogP contribution in [-0.4, -0.2) is 18.5 Å². The van der Waals surface area contributed by atoms with Crippen molar-refractivity contribution in [3.63, 3.8) is 0 Å². The number of halogens is 1. The minimum Gasteiger partial charge on any atom is -0.353 e. The van der Waals surface area contributed by atoms with Crippen molar-refractivity contribution in [1.82, 2.24) is 5.32 Å². The van der Waals surface area contributed by atoms with E-state index in [4.69, 9.17) is 5.73 Å². The predicted octanol–water partition coefficient (Wildman–Crippen LogP) is 2.23. The Hall–Kier alpha value is -0.280. The molecular weight excluding hydrogens is 224 g/mol. The van der Waals surface area contributed by atoms with Crippen molar-refractivity contribution >= 4 is 18.3 Å². The number of carbonyl (C=O) groups is 1. The van der Waals surface area contributed by atoms with E-state index in [9.17, 15) is 4.79 Å². The van der Waals surface area contributed by atoms with Gasteiger partial charge >= 0.3 is 0 Å². The van der Waals surface area contributed by atoms with Crippen LogP contribution >= 0.6 is 12.4 Å². The molecule has 1 saturated carbocycles. The highest BCUT2D eigenvalue weighted by Gasteiger charge is 2.20. The molecule has 1 amide bonds. The molecule has 0 unspecified atom stereocenters. The Labute approximate surface area is 105 Å². The molecule has 0 aromatic carbocycles. The molecule has 0 bridgehead atoms. The van der Waals surface area contributed by atoms with Crippen LogP contribution < -0.4 is 11.1 Å². The fourth-order valence-electron chi connectivity index (χ4n) is 2.28. The van der Waals surface area contributed by atoms with Crippen LogP contribution in [0.25, 0.3) is 0 Å². The molecule has 0 aromatic rings. The number of carbonyl (C=O) groups excluding carboxylic acids is 1. The summed E-state index contributed by atoms with van der Waals surface area (Å²) >= 11 is 0. The Balaban J connectivity index is 0.00000225. The van der Waals surface area contributed by atoms with Crippen LogP contribution in [0.5, 0.6) is 0 Å². The van der Waals surface area contributed by atoms with E-state index in [-0.39, 0.29) is 18.3 Å². The van der Waals surface area contributed by atoms with Crippen molar-refractivity contribution < 1.29 is 4.79 Å². The van der Waals surface area contributed by atoms with Gasteiger partial charge in [-0.15, -0.1) is 12.4 Å². The molecule has 1 aliphatic rings. The smallest absolute Gasteiger partial charge is 0.220 e. The second-order valence-electron chi connectivity index (χ2n) is 4.59. The van der Waals surface area contributed by atoms with Gasteiger partial charge in [-0.1, -0.05) is 13.3 Å².